The summed E-state index contributed by atoms with van der Waals surface area (Å²) in [6.07, 6.45) is 1.55. The summed E-state index contributed by atoms with van der Waals surface area (Å²) in [7, 11) is 0.0564. The predicted octanol–water partition coefficient (Wildman–Crippen LogP) is 2.04. The van der Waals surface area contributed by atoms with Crippen molar-refractivity contribution in [1.82, 2.24) is 0 Å². The van der Waals surface area contributed by atoms with Crippen LogP contribution in [-0.4, -0.2) is 20.3 Å². The Morgan fingerprint density at radius 3 is 1.37 bits per heavy atom. The minimum absolute atomic E-state index is 0.0564. The van der Waals surface area contributed by atoms with Gasteiger partial charge in [-0.25, -0.2) is 0 Å². The fourth-order valence-electron chi connectivity index (χ4n) is 1.45. The smallest absolute Gasteiger partial charge is 0.529 e. The molecule has 0 bridgehead atoms. The van der Waals surface area contributed by atoms with E-state index in [0.29, 0.717) is 22.6 Å². The SMILES string of the molecule is O=Cc1ccc(OBOc2ccc(C=O)cc2)cc1. The number of carbonyl (C=O) groups excluding carboxylic acids is 2. The van der Waals surface area contributed by atoms with Gasteiger partial charge in [0.2, 0.25) is 0 Å². The fraction of sp³-hybridized carbons (Fsp3) is 0. The highest BCUT2D eigenvalue weighted by atomic mass is 16.6. The van der Waals surface area contributed by atoms with E-state index in [1.54, 1.807) is 48.5 Å². The molecule has 0 heterocycles. The Balaban J connectivity index is 1.84. The molecule has 0 atom stereocenters. The van der Waals surface area contributed by atoms with Gasteiger partial charge in [0.1, 0.15) is 24.1 Å². The summed E-state index contributed by atoms with van der Waals surface area (Å²) in [5.74, 6) is 1.24. The molecule has 2 aromatic carbocycles. The molecule has 2 rings (SSSR count). The zero-order valence-electron chi connectivity index (χ0n) is 10.1. The van der Waals surface area contributed by atoms with Gasteiger partial charge in [-0.3, -0.25) is 9.59 Å². The first kappa shape index (κ1) is 12.9. The third-order valence-electron chi connectivity index (χ3n) is 2.48. The van der Waals surface area contributed by atoms with Crippen LogP contribution >= 0.6 is 0 Å². The lowest BCUT2D eigenvalue weighted by Gasteiger charge is -2.07. The first-order valence-electron chi connectivity index (χ1n) is 5.68. The Morgan fingerprint density at radius 2 is 1.05 bits per heavy atom. The molecule has 0 amide bonds. The van der Waals surface area contributed by atoms with Crippen LogP contribution in [0.3, 0.4) is 0 Å². The molecule has 0 aromatic heterocycles. The van der Waals surface area contributed by atoms with Crippen molar-refractivity contribution in [1.29, 1.82) is 0 Å². The van der Waals surface area contributed by atoms with E-state index in [0.717, 1.165) is 12.6 Å². The number of hydrogen-bond donors (Lipinski definition) is 0. The van der Waals surface area contributed by atoms with Gasteiger partial charge in [-0.2, -0.15) is 0 Å². The van der Waals surface area contributed by atoms with E-state index in [4.69, 9.17) is 9.31 Å². The van der Waals surface area contributed by atoms with Gasteiger partial charge in [0, 0.05) is 11.1 Å². The fourth-order valence-corrected chi connectivity index (χ4v) is 1.45. The molecule has 0 aliphatic rings. The molecule has 0 N–H and O–H groups in total. The van der Waals surface area contributed by atoms with E-state index in [-0.39, 0.29) is 7.69 Å². The molecule has 0 radical (unpaired) electrons. The summed E-state index contributed by atoms with van der Waals surface area (Å²) in [5, 5.41) is 0. The Bertz CT molecular complexity index is 497. The third kappa shape index (κ3) is 3.71. The van der Waals surface area contributed by atoms with Crippen molar-refractivity contribution in [3.63, 3.8) is 0 Å². The van der Waals surface area contributed by atoms with Crippen molar-refractivity contribution in [2.45, 2.75) is 0 Å². The Kier molecular flexibility index (Phi) is 4.34. The van der Waals surface area contributed by atoms with Crippen molar-refractivity contribution in [3.8, 4) is 11.5 Å². The zero-order valence-corrected chi connectivity index (χ0v) is 10.1. The van der Waals surface area contributed by atoms with E-state index in [2.05, 4.69) is 0 Å². The van der Waals surface area contributed by atoms with Gasteiger partial charge < -0.3 is 9.31 Å². The van der Waals surface area contributed by atoms with Crippen LogP contribution in [0, 0.1) is 0 Å². The van der Waals surface area contributed by atoms with Gasteiger partial charge in [0.25, 0.3) is 0 Å². The van der Waals surface area contributed by atoms with Crippen LogP contribution in [0.5, 0.6) is 11.5 Å². The molecule has 0 unspecified atom stereocenters. The molecule has 94 valence electrons. The molecule has 0 fully saturated rings. The molecule has 0 aliphatic carbocycles. The molecule has 0 saturated carbocycles. The monoisotopic (exact) mass is 254 g/mol. The second-order valence-electron chi connectivity index (χ2n) is 3.78. The van der Waals surface area contributed by atoms with Crippen molar-refractivity contribution in [2.75, 3.05) is 0 Å². The van der Waals surface area contributed by atoms with Crippen LogP contribution in [0.2, 0.25) is 0 Å². The van der Waals surface area contributed by atoms with Gasteiger partial charge in [-0.1, -0.05) is 0 Å². The van der Waals surface area contributed by atoms with Crippen LogP contribution in [0.25, 0.3) is 0 Å². The first-order chi connectivity index (χ1) is 9.31. The maximum Gasteiger partial charge on any atom is 0.576 e. The molecule has 2 aromatic rings. The molecular formula is C14H11BO4. The number of rotatable bonds is 6. The summed E-state index contributed by atoms with van der Waals surface area (Å²) < 4.78 is 10.7. The number of hydrogen-bond acceptors (Lipinski definition) is 4. The molecule has 19 heavy (non-hydrogen) atoms. The molecule has 0 spiro atoms. The molecular weight excluding hydrogens is 243 g/mol. The van der Waals surface area contributed by atoms with Crippen molar-refractivity contribution < 1.29 is 18.9 Å². The lowest BCUT2D eigenvalue weighted by molar-refractivity contribution is 0.111. The number of carbonyl (C=O) groups is 2. The van der Waals surface area contributed by atoms with Crippen molar-refractivity contribution in [3.05, 3.63) is 59.7 Å². The lowest BCUT2D eigenvalue weighted by atomic mass is 10.2. The van der Waals surface area contributed by atoms with E-state index in [1.165, 1.54) is 0 Å². The number of aldehydes is 2. The van der Waals surface area contributed by atoms with Crippen LogP contribution in [0.1, 0.15) is 20.7 Å². The zero-order chi connectivity index (χ0) is 13.5. The lowest BCUT2D eigenvalue weighted by Crippen LogP contribution is -2.10. The second kappa shape index (κ2) is 6.40. The molecule has 4 nitrogen and oxygen atoms in total. The number of benzene rings is 2. The topological polar surface area (TPSA) is 52.6 Å². The minimum atomic E-state index is 0.0564. The Hall–Kier alpha value is -2.56. The summed E-state index contributed by atoms with van der Waals surface area (Å²) >= 11 is 0. The van der Waals surface area contributed by atoms with E-state index in [1.807, 2.05) is 0 Å². The average Bonchev–Trinajstić information content (AvgIpc) is 2.49. The maximum atomic E-state index is 10.5. The van der Waals surface area contributed by atoms with E-state index >= 15 is 0 Å². The van der Waals surface area contributed by atoms with Crippen LogP contribution in [-0.2, 0) is 0 Å². The molecule has 5 heteroatoms. The van der Waals surface area contributed by atoms with E-state index < -0.39 is 0 Å². The maximum absolute atomic E-state index is 10.5. The summed E-state index contributed by atoms with van der Waals surface area (Å²) in [6.45, 7) is 0. The van der Waals surface area contributed by atoms with Gasteiger partial charge in [0.05, 0.1) is 0 Å². The normalized spacial score (nSPS) is 9.47. The van der Waals surface area contributed by atoms with Crippen LogP contribution in [0.4, 0.5) is 0 Å². The van der Waals surface area contributed by atoms with Gasteiger partial charge in [-0.05, 0) is 48.5 Å². The van der Waals surface area contributed by atoms with Gasteiger partial charge >= 0.3 is 7.69 Å². The molecule has 0 saturated heterocycles. The van der Waals surface area contributed by atoms with Gasteiger partial charge in [-0.15, -0.1) is 0 Å². The largest absolute Gasteiger partial charge is 0.576 e. The van der Waals surface area contributed by atoms with Crippen LogP contribution in [0.15, 0.2) is 48.5 Å². The van der Waals surface area contributed by atoms with Crippen molar-refractivity contribution >= 4 is 20.3 Å². The highest BCUT2D eigenvalue weighted by molar-refractivity contribution is 6.20. The van der Waals surface area contributed by atoms with Crippen LogP contribution < -0.4 is 9.31 Å². The predicted molar refractivity (Wildman–Crippen MR) is 72.1 cm³/mol. The quantitative estimate of drug-likeness (QED) is 0.584. The van der Waals surface area contributed by atoms with Crippen molar-refractivity contribution in [2.24, 2.45) is 0 Å². The third-order valence-corrected chi connectivity index (χ3v) is 2.48. The standard InChI is InChI=1S/C14H11BO4/c16-9-11-1-5-13(6-2-11)18-15-19-14-7-3-12(10-17)4-8-14/h1-10,15H. The summed E-state index contributed by atoms with van der Waals surface area (Å²) in [4.78, 5) is 21.0. The average molecular weight is 254 g/mol. The highest BCUT2D eigenvalue weighted by Crippen LogP contribution is 2.13. The Morgan fingerprint density at radius 1 is 0.684 bits per heavy atom. The summed E-state index contributed by atoms with van der Waals surface area (Å²) in [6, 6.07) is 13.5. The molecule has 0 aliphatic heterocycles. The summed E-state index contributed by atoms with van der Waals surface area (Å²) in [5.41, 5.74) is 1.19. The van der Waals surface area contributed by atoms with E-state index in [9.17, 15) is 9.59 Å². The minimum Gasteiger partial charge on any atom is -0.529 e. The first-order valence-corrected chi connectivity index (χ1v) is 5.68. The highest BCUT2D eigenvalue weighted by Gasteiger charge is 2.00. The second-order valence-corrected chi connectivity index (χ2v) is 3.78. The Labute approximate surface area is 111 Å². The van der Waals surface area contributed by atoms with Gasteiger partial charge in [0.15, 0.2) is 0 Å².